The molecule has 17 heavy (non-hydrogen) atoms. The predicted octanol–water partition coefficient (Wildman–Crippen LogP) is 2.05. The van der Waals surface area contributed by atoms with Gasteiger partial charge in [-0.2, -0.15) is 0 Å². The third-order valence-corrected chi connectivity index (χ3v) is 1.64. The molecule has 0 unspecified atom stereocenters. The van der Waals surface area contributed by atoms with Crippen molar-refractivity contribution in [3.8, 4) is 0 Å². The Morgan fingerprint density at radius 1 is 1.53 bits per heavy atom. The molecule has 0 bridgehead atoms. The van der Waals surface area contributed by atoms with E-state index in [9.17, 15) is 9.59 Å². The minimum Gasteiger partial charge on any atom is -0.478 e. The van der Waals surface area contributed by atoms with Crippen molar-refractivity contribution in [2.45, 2.75) is 6.92 Å². The van der Waals surface area contributed by atoms with Crippen LogP contribution in [0.5, 0.6) is 0 Å². The number of carboxylic acids is 1. The molecule has 0 aromatic heterocycles. The Labute approximate surface area is 103 Å². The Bertz CT molecular complexity index is 384. The Morgan fingerprint density at radius 2 is 2.18 bits per heavy atom. The first-order valence-corrected chi connectivity index (χ1v) is 5.01. The van der Waals surface area contributed by atoms with Gasteiger partial charge in [-0.1, -0.05) is 6.07 Å². The number of nitrogens with two attached hydrogens (primary N) is 1. The normalized spacial score (nSPS) is 8.65. The molecule has 6 nitrogen and oxygen atoms in total. The summed E-state index contributed by atoms with van der Waals surface area (Å²) in [6.07, 6.45) is 0. The Balaban J connectivity index is 0.000000366. The fourth-order valence-corrected chi connectivity index (χ4v) is 0.965. The summed E-state index contributed by atoms with van der Waals surface area (Å²) in [4.78, 5) is 20.0. The smallest absolute Gasteiger partial charge is 0.403 e. The molecule has 0 radical (unpaired) electrons. The molecule has 0 saturated carbocycles. The average Bonchev–Trinajstić information content (AvgIpc) is 2.29. The predicted molar refractivity (Wildman–Crippen MR) is 64.1 cm³/mol. The number of carbonyl (C=O) groups is 2. The number of carboxylic acid groups (broad SMARTS) is 1. The first-order valence-electron chi connectivity index (χ1n) is 4.63. The maximum atomic E-state index is 10.4. The lowest BCUT2D eigenvalue weighted by Crippen LogP contribution is -2.07. The van der Waals surface area contributed by atoms with Crippen molar-refractivity contribution in [2.24, 2.45) is 5.84 Å². The summed E-state index contributed by atoms with van der Waals surface area (Å²) in [6.45, 7) is 2.04. The zero-order valence-electron chi connectivity index (χ0n) is 9.14. The van der Waals surface area contributed by atoms with E-state index in [0.717, 1.165) is 0 Å². The van der Waals surface area contributed by atoms with Crippen molar-refractivity contribution in [2.75, 3.05) is 12.0 Å². The van der Waals surface area contributed by atoms with Crippen molar-refractivity contribution >= 4 is 28.7 Å². The van der Waals surface area contributed by atoms with Crippen molar-refractivity contribution in [1.29, 1.82) is 0 Å². The quantitative estimate of drug-likeness (QED) is 0.437. The highest BCUT2D eigenvalue weighted by molar-refractivity contribution is 6.61. The summed E-state index contributed by atoms with van der Waals surface area (Å²) in [6, 6.07) is 6.27. The average molecular weight is 261 g/mol. The van der Waals surface area contributed by atoms with Gasteiger partial charge in [-0.25, -0.2) is 9.59 Å². The van der Waals surface area contributed by atoms with Gasteiger partial charge in [0.2, 0.25) is 0 Å². The minimum absolute atomic E-state index is 0.223. The molecule has 0 amide bonds. The van der Waals surface area contributed by atoms with Gasteiger partial charge in [0.1, 0.15) is 0 Å². The molecule has 4 N–H and O–H groups in total. The highest BCUT2D eigenvalue weighted by Crippen LogP contribution is 2.08. The van der Waals surface area contributed by atoms with Crippen LogP contribution < -0.4 is 11.3 Å². The number of carbonyl (C=O) groups excluding carboxylic acids is 1. The molecule has 1 aromatic rings. The van der Waals surface area contributed by atoms with Crippen LogP contribution >= 0.6 is 11.6 Å². The van der Waals surface area contributed by atoms with Gasteiger partial charge in [-0.05, 0) is 25.1 Å². The molecule has 1 rings (SSSR count). The third kappa shape index (κ3) is 7.15. The second-order valence-corrected chi connectivity index (χ2v) is 3.01. The van der Waals surface area contributed by atoms with E-state index in [0.29, 0.717) is 12.3 Å². The molecular weight excluding hydrogens is 248 g/mol. The number of hydrogen-bond acceptors (Lipinski definition) is 5. The second kappa shape index (κ2) is 8.37. The summed E-state index contributed by atoms with van der Waals surface area (Å²) in [7, 11) is 0. The van der Waals surface area contributed by atoms with Crippen molar-refractivity contribution in [3.05, 3.63) is 29.8 Å². The van der Waals surface area contributed by atoms with Crippen molar-refractivity contribution in [1.82, 2.24) is 0 Å². The molecule has 0 atom stereocenters. The van der Waals surface area contributed by atoms with Crippen LogP contribution in [-0.4, -0.2) is 23.1 Å². The maximum Gasteiger partial charge on any atom is 0.403 e. The Kier molecular flexibility index (Phi) is 7.49. The van der Waals surface area contributed by atoms with Crippen LogP contribution in [-0.2, 0) is 4.74 Å². The summed E-state index contributed by atoms with van der Waals surface area (Å²) in [5.41, 5.74) is 2.43. The standard InChI is InChI=1S/C7H8N2O2.C3H5ClO2/c8-9-6-3-1-2-5(4-6)7(10)11;1-2-6-3(4)5/h1-4,9H,8H2,(H,10,11);2H2,1H3. The molecule has 0 aliphatic rings. The zero-order chi connectivity index (χ0) is 13.3. The number of halogens is 1. The molecule has 0 spiro atoms. The largest absolute Gasteiger partial charge is 0.478 e. The number of nitrogens with one attached hydrogen (secondary N) is 1. The van der Waals surface area contributed by atoms with E-state index >= 15 is 0 Å². The maximum absolute atomic E-state index is 10.4. The molecule has 0 heterocycles. The molecule has 94 valence electrons. The Hall–Kier alpha value is -1.79. The summed E-state index contributed by atoms with van der Waals surface area (Å²) in [5, 5.41) is 8.54. The molecular formula is C10H13ClN2O4. The summed E-state index contributed by atoms with van der Waals surface area (Å²) < 4.78 is 4.17. The molecule has 0 saturated heterocycles. The van der Waals surface area contributed by atoms with Crippen LogP contribution in [0, 0.1) is 0 Å². The summed E-state index contributed by atoms with van der Waals surface area (Å²) >= 11 is 4.72. The van der Waals surface area contributed by atoms with E-state index in [1.54, 1.807) is 19.1 Å². The number of hydrogen-bond donors (Lipinski definition) is 3. The van der Waals surface area contributed by atoms with Gasteiger partial charge in [0.25, 0.3) is 0 Å². The van der Waals surface area contributed by atoms with Gasteiger partial charge in [0.05, 0.1) is 12.2 Å². The second-order valence-electron chi connectivity index (χ2n) is 2.70. The highest BCUT2D eigenvalue weighted by Gasteiger charge is 2.00. The molecule has 0 aliphatic carbocycles. The van der Waals surface area contributed by atoms with Crippen molar-refractivity contribution in [3.63, 3.8) is 0 Å². The van der Waals surface area contributed by atoms with Crippen LogP contribution in [0.15, 0.2) is 24.3 Å². The SMILES string of the molecule is CCOC(=O)Cl.NNc1cccc(C(=O)O)c1. The fraction of sp³-hybridized carbons (Fsp3) is 0.200. The summed E-state index contributed by atoms with van der Waals surface area (Å²) in [5.74, 6) is 4.12. The van der Waals surface area contributed by atoms with E-state index in [2.05, 4.69) is 10.2 Å². The lowest BCUT2D eigenvalue weighted by Gasteiger charge is -1.99. The van der Waals surface area contributed by atoms with Crippen LogP contribution in [0.4, 0.5) is 10.5 Å². The topological polar surface area (TPSA) is 102 Å². The number of anilines is 1. The number of rotatable bonds is 3. The van der Waals surface area contributed by atoms with E-state index in [-0.39, 0.29) is 5.56 Å². The fourth-order valence-electron chi connectivity index (χ4n) is 0.855. The highest BCUT2D eigenvalue weighted by atomic mass is 35.5. The van der Waals surface area contributed by atoms with Gasteiger partial charge < -0.3 is 15.3 Å². The van der Waals surface area contributed by atoms with Crippen LogP contribution in [0.2, 0.25) is 0 Å². The van der Waals surface area contributed by atoms with Gasteiger partial charge in [0, 0.05) is 17.3 Å². The number of ether oxygens (including phenoxy) is 1. The zero-order valence-corrected chi connectivity index (χ0v) is 9.90. The van der Waals surface area contributed by atoms with E-state index in [1.807, 2.05) is 0 Å². The van der Waals surface area contributed by atoms with Crippen LogP contribution in [0.1, 0.15) is 17.3 Å². The van der Waals surface area contributed by atoms with Crippen LogP contribution in [0.25, 0.3) is 0 Å². The van der Waals surface area contributed by atoms with Gasteiger partial charge >= 0.3 is 11.4 Å². The van der Waals surface area contributed by atoms with Crippen molar-refractivity contribution < 1.29 is 19.4 Å². The monoisotopic (exact) mass is 260 g/mol. The number of nitrogen functional groups attached to an aromatic ring is 1. The number of aromatic carboxylic acids is 1. The van der Waals surface area contributed by atoms with Gasteiger partial charge in [0.15, 0.2) is 0 Å². The van der Waals surface area contributed by atoms with Crippen LogP contribution in [0.3, 0.4) is 0 Å². The van der Waals surface area contributed by atoms with E-state index < -0.39 is 11.4 Å². The van der Waals surface area contributed by atoms with Gasteiger partial charge in [-0.3, -0.25) is 5.84 Å². The minimum atomic E-state index is -0.956. The van der Waals surface area contributed by atoms with E-state index in [1.165, 1.54) is 12.1 Å². The van der Waals surface area contributed by atoms with Gasteiger partial charge in [-0.15, -0.1) is 0 Å². The number of hydrazine groups is 1. The first kappa shape index (κ1) is 15.2. The molecule has 0 aliphatic heterocycles. The van der Waals surface area contributed by atoms with E-state index in [4.69, 9.17) is 22.6 Å². The lowest BCUT2D eigenvalue weighted by molar-refractivity contribution is 0.0697. The number of benzene rings is 1. The molecule has 1 aromatic carbocycles. The third-order valence-electron chi connectivity index (χ3n) is 1.53. The lowest BCUT2D eigenvalue weighted by atomic mass is 10.2. The first-order chi connectivity index (χ1) is 8.01. The molecule has 7 heteroatoms. The Morgan fingerprint density at radius 3 is 2.53 bits per heavy atom. The molecule has 0 fully saturated rings.